The van der Waals surface area contributed by atoms with Crippen molar-refractivity contribution in [1.82, 2.24) is 0 Å². The quantitative estimate of drug-likeness (QED) is 0.762. The SMILES string of the molecule is COc1ccc(C(=O)O)cc1SCC(=O)O. The van der Waals surface area contributed by atoms with Gasteiger partial charge in [0.05, 0.1) is 23.3 Å². The molecule has 2 N–H and O–H groups in total. The first-order valence-electron chi connectivity index (χ1n) is 4.30. The zero-order valence-electron chi connectivity index (χ0n) is 8.47. The molecule has 0 aliphatic rings. The predicted molar refractivity (Wildman–Crippen MR) is 58.3 cm³/mol. The minimum absolute atomic E-state index is 0.105. The number of benzene rings is 1. The van der Waals surface area contributed by atoms with Crippen LogP contribution < -0.4 is 4.74 Å². The van der Waals surface area contributed by atoms with Crippen LogP contribution in [0, 0.1) is 0 Å². The van der Waals surface area contributed by atoms with Crippen molar-refractivity contribution in [1.29, 1.82) is 0 Å². The summed E-state index contributed by atoms with van der Waals surface area (Å²) < 4.78 is 5.01. The van der Waals surface area contributed by atoms with E-state index in [4.69, 9.17) is 14.9 Å². The van der Waals surface area contributed by atoms with Crippen LogP contribution in [-0.2, 0) is 4.79 Å². The number of aliphatic carboxylic acids is 1. The Kier molecular flexibility index (Phi) is 4.19. The summed E-state index contributed by atoms with van der Waals surface area (Å²) in [5, 5.41) is 17.3. The van der Waals surface area contributed by atoms with E-state index >= 15 is 0 Å². The average molecular weight is 242 g/mol. The summed E-state index contributed by atoms with van der Waals surface area (Å²) in [5.74, 6) is -1.69. The molecular formula is C10H10O5S. The third-order valence-electron chi connectivity index (χ3n) is 1.76. The van der Waals surface area contributed by atoms with Gasteiger partial charge in [-0.3, -0.25) is 4.79 Å². The van der Waals surface area contributed by atoms with Crippen LogP contribution in [0.2, 0.25) is 0 Å². The molecule has 0 saturated carbocycles. The Hall–Kier alpha value is -1.69. The molecule has 0 aromatic heterocycles. The van der Waals surface area contributed by atoms with Crippen molar-refractivity contribution in [2.45, 2.75) is 4.90 Å². The van der Waals surface area contributed by atoms with Crippen LogP contribution in [0.3, 0.4) is 0 Å². The zero-order chi connectivity index (χ0) is 12.1. The highest BCUT2D eigenvalue weighted by molar-refractivity contribution is 8.00. The van der Waals surface area contributed by atoms with E-state index < -0.39 is 11.9 Å². The van der Waals surface area contributed by atoms with E-state index in [1.165, 1.54) is 25.3 Å². The number of rotatable bonds is 5. The van der Waals surface area contributed by atoms with Crippen LogP contribution in [0.5, 0.6) is 5.75 Å². The van der Waals surface area contributed by atoms with E-state index in [-0.39, 0.29) is 11.3 Å². The lowest BCUT2D eigenvalue weighted by Crippen LogP contribution is -2.00. The minimum atomic E-state index is -1.06. The Morgan fingerprint density at radius 2 is 2.06 bits per heavy atom. The van der Waals surface area contributed by atoms with Crippen molar-refractivity contribution in [3.8, 4) is 5.75 Å². The first kappa shape index (κ1) is 12.4. The molecule has 0 saturated heterocycles. The molecule has 0 heterocycles. The lowest BCUT2D eigenvalue weighted by Gasteiger charge is -2.07. The summed E-state index contributed by atoms with van der Waals surface area (Å²) in [7, 11) is 1.45. The smallest absolute Gasteiger partial charge is 0.335 e. The maximum atomic E-state index is 10.7. The first-order chi connectivity index (χ1) is 7.54. The molecule has 86 valence electrons. The maximum absolute atomic E-state index is 10.7. The second-order valence-electron chi connectivity index (χ2n) is 2.85. The van der Waals surface area contributed by atoms with Gasteiger partial charge >= 0.3 is 11.9 Å². The van der Waals surface area contributed by atoms with E-state index in [0.717, 1.165) is 11.8 Å². The molecule has 0 unspecified atom stereocenters. The van der Waals surface area contributed by atoms with Crippen LogP contribution in [0.4, 0.5) is 0 Å². The van der Waals surface area contributed by atoms with Gasteiger partial charge < -0.3 is 14.9 Å². The van der Waals surface area contributed by atoms with Gasteiger partial charge in [-0.1, -0.05) is 0 Å². The number of methoxy groups -OCH3 is 1. The number of hydrogen-bond donors (Lipinski definition) is 2. The highest BCUT2D eigenvalue weighted by atomic mass is 32.2. The van der Waals surface area contributed by atoms with Gasteiger partial charge in [0.2, 0.25) is 0 Å². The van der Waals surface area contributed by atoms with Crippen molar-refractivity contribution in [2.24, 2.45) is 0 Å². The molecule has 1 aromatic rings. The van der Waals surface area contributed by atoms with Crippen LogP contribution >= 0.6 is 11.8 Å². The molecule has 1 rings (SSSR count). The Morgan fingerprint density at radius 1 is 1.38 bits per heavy atom. The zero-order valence-corrected chi connectivity index (χ0v) is 9.28. The monoisotopic (exact) mass is 242 g/mol. The molecule has 0 radical (unpaired) electrons. The highest BCUT2D eigenvalue weighted by Gasteiger charge is 2.10. The second-order valence-corrected chi connectivity index (χ2v) is 3.87. The number of carboxylic acids is 2. The van der Waals surface area contributed by atoms with Crippen molar-refractivity contribution in [3.63, 3.8) is 0 Å². The van der Waals surface area contributed by atoms with Crippen LogP contribution in [0.15, 0.2) is 23.1 Å². The third kappa shape index (κ3) is 3.16. The third-order valence-corrected chi connectivity index (χ3v) is 2.78. The van der Waals surface area contributed by atoms with E-state index in [1.807, 2.05) is 0 Å². The molecule has 6 heteroatoms. The number of ether oxygens (including phenoxy) is 1. The number of thioether (sulfide) groups is 1. The molecule has 5 nitrogen and oxygen atoms in total. The van der Waals surface area contributed by atoms with Crippen LogP contribution in [0.25, 0.3) is 0 Å². The van der Waals surface area contributed by atoms with Gasteiger partial charge in [0.15, 0.2) is 0 Å². The summed E-state index contributed by atoms with van der Waals surface area (Å²) >= 11 is 1.02. The summed E-state index contributed by atoms with van der Waals surface area (Å²) in [5.41, 5.74) is 0.105. The fourth-order valence-electron chi connectivity index (χ4n) is 1.06. The molecule has 0 aliphatic carbocycles. The van der Waals surface area contributed by atoms with Gasteiger partial charge in [0.1, 0.15) is 5.75 Å². The van der Waals surface area contributed by atoms with Crippen molar-refractivity contribution < 1.29 is 24.5 Å². The normalized spacial score (nSPS) is 9.81. The molecular weight excluding hydrogens is 232 g/mol. The molecule has 0 aliphatic heterocycles. The summed E-state index contributed by atoms with van der Waals surface area (Å²) in [6, 6.07) is 4.31. The van der Waals surface area contributed by atoms with Gasteiger partial charge in [0.25, 0.3) is 0 Å². The van der Waals surface area contributed by atoms with E-state index in [0.29, 0.717) is 10.6 Å². The number of carbonyl (C=O) groups is 2. The van der Waals surface area contributed by atoms with Crippen molar-refractivity contribution in [3.05, 3.63) is 23.8 Å². The van der Waals surface area contributed by atoms with Crippen LogP contribution in [-0.4, -0.2) is 35.0 Å². The van der Waals surface area contributed by atoms with Crippen molar-refractivity contribution in [2.75, 3.05) is 12.9 Å². The fourth-order valence-corrected chi connectivity index (χ4v) is 1.84. The van der Waals surface area contributed by atoms with Gasteiger partial charge in [-0.25, -0.2) is 4.79 Å². The first-order valence-corrected chi connectivity index (χ1v) is 5.29. The van der Waals surface area contributed by atoms with Crippen molar-refractivity contribution >= 4 is 23.7 Å². The number of hydrogen-bond acceptors (Lipinski definition) is 4. The second kappa shape index (κ2) is 5.41. The van der Waals surface area contributed by atoms with Gasteiger partial charge in [-0.2, -0.15) is 0 Å². The number of carboxylic acid groups (broad SMARTS) is 2. The predicted octanol–water partition coefficient (Wildman–Crippen LogP) is 1.57. The molecule has 0 atom stereocenters. The van der Waals surface area contributed by atoms with E-state index in [9.17, 15) is 9.59 Å². The van der Waals surface area contributed by atoms with E-state index in [1.54, 1.807) is 0 Å². The Bertz CT molecular complexity index is 416. The Labute approximate surface area is 96.0 Å². The standard InChI is InChI=1S/C10H10O5S/c1-15-7-3-2-6(10(13)14)4-8(7)16-5-9(11)12/h2-4H,5H2,1H3,(H,11,12)(H,13,14). The lowest BCUT2D eigenvalue weighted by atomic mass is 10.2. The van der Waals surface area contributed by atoms with Gasteiger partial charge in [0, 0.05) is 0 Å². The topological polar surface area (TPSA) is 83.8 Å². The highest BCUT2D eigenvalue weighted by Crippen LogP contribution is 2.30. The maximum Gasteiger partial charge on any atom is 0.335 e. The summed E-state index contributed by atoms with van der Waals surface area (Å²) in [4.78, 5) is 21.6. The van der Waals surface area contributed by atoms with Gasteiger partial charge in [-0.05, 0) is 18.2 Å². The molecule has 0 spiro atoms. The molecule has 0 fully saturated rings. The average Bonchev–Trinajstić information content (AvgIpc) is 2.25. The fraction of sp³-hybridized carbons (Fsp3) is 0.200. The Morgan fingerprint density at radius 3 is 2.56 bits per heavy atom. The van der Waals surface area contributed by atoms with Crippen LogP contribution in [0.1, 0.15) is 10.4 Å². The Balaban J connectivity index is 2.97. The number of aromatic carboxylic acids is 1. The lowest BCUT2D eigenvalue weighted by molar-refractivity contribution is -0.133. The largest absolute Gasteiger partial charge is 0.496 e. The summed E-state index contributed by atoms with van der Waals surface area (Å²) in [6.45, 7) is 0. The van der Waals surface area contributed by atoms with E-state index in [2.05, 4.69) is 0 Å². The molecule has 0 amide bonds. The molecule has 1 aromatic carbocycles. The van der Waals surface area contributed by atoms with Gasteiger partial charge in [-0.15, -0.1) is 11.8 Å². The summed E-state index contributed by atoms with van der Waals surface area (Å²) in [6.07, 6.45) is 0. The minimum Gasteiger partial charge on any atom is -0.496 e. The molecule has 0 bridgehead atoms. The molecule has 16 heavy (non-hydrogen) atoms.